The number of aryl methyl sites for hydroxylation is 1. The smallest absolute Gasteiger partial charge is 0.202 e. The zero-order valence-corrected chi connectivity index (χ0v) is 16.5. The van der Waals surface area contributed by atoms with Crippen LogP contribution in [-0.2, 0) is 4.74 Å². The fourth-order valence-electron chi connectivity index (χ4n) is 4.02. The molecule has 140 valence electrons. The number of anilines is 1. The molecule has 2 N–H and O–H groups in total. The topological polar surface area (TPSA) is 44.5 Å². The number of hydrogen-bond donors (Lipinski definition) is 1. The molecule has 1 saturated heterocycles. The lowest BCUT2D eigenvalue weighted by Crippen LogP contribution is -2.47. The first-order chi connectivity index (χ1) is 12.4. The van der Waals surface area contributed by atoms with Crippen LogP contribution in [0.4, 0.5) is 5.69 Å². The number of rotatable bonds is 4. The summed E-state index contributed by atoms with van der Waals surface area (Å²) in [5, 5.41) is 0. The first-order valence-electron chi connectivity index (χ1n) is 9.70. The molecule has 1 heterocycles. The molecule has 2 aromatic rings. The van der Waals surface area contributed by atoms with Crippen LogP contribution in [0.3, 0.4) is 0 Å². The van der Waals surface area contributed by atoms with Gasteiger partial charge in [-0.1, -0.05) is 52.0 Å². The van der Waals surface area contributed by atoms with Gasteiger partial charge in [0.25, 0.3) is 0 Å². The van der Waals surface area contributed by atoms with Gasteiger partial charge in [-0.25, -0.2) is 0 Å². The van der Waals surface area contributed by atoms with Crippen molar-refractivity contribution >= 4 is 5.69 Å². The van der Waals surface area contributed by atoms with Crippen molar-refractivity contribution in [2.75, 3.05) is 5.73 Å². The van der Waals surface area contributed by atoms with E-state index < -0.39 is 0 Å². The third-order valence-electron chi connectivity index (χ3n) is 6.04. The molecule has 5 atom stereocenters. The zero-order valence-electron chi connectivity index (χ0n) is 16.5. The van der Waals surface area contributed by atoms with Gasteiger partial charge in [0, 0.05) is 17.2 Å². The Hall–Kier alpha value is -2.00. The predicted molar refractivity (Wildman–Crippen MR) is 108 cm³/mol. The van der Waals surface area contributed by atoms with Crippen molar-refractivity contribution in [1.82, 2.24) is 0 Å². The minimum atomic E-state index is -0.229. The van der Waals surface area contributed by atoms with Crippen LogP contribution < -0.4 is 10.5 Å². The van der Waals surface area contributed by atoms with Gasteiger partial charge in [-0.05, 0) is 54.5 Å². The fraction of sp³-hybridized carbons (Fsp3) is 0.478. The summed E-state index contributed by atoms with van der Waals surface area (Å²) in [6.07, 6.45) is 1.02. The molecule has 1 fully saturated rings. The van der Waals surface area contributed by atoms with Crippen molar-refractivity contribution in [3.8, 4) is 16.9 Å². The summed E-state index contributed by atoms with van der Waals surface area (Å²) in [5.74, 6) is 2.30. The standard InChI is InChI=1S/C23H31NO2/c1-6-20-16(4)15(3)17(5)23(25-20)26-21-12-7-9-14(2)22(21)18-10-8-11-19(24)13-18/h7-13,15-17,20,23H,6,24H2,1-5H3/t15-,16+,17?,20?,23-/m0/s1. The molecule has 1 aliphatic heterocycles. The second-order valence-corrected chi connectivity index (χ2v) is 7.72. The highest BCUT2D eigenvalue weighted by Gasteiger charge is 2.39. The van der Waals surface area contributed by atoms with Gasteiger partial charge in [0.15, 0.2) is 0 Å². The average Bonchev–Trinajstić information content (AvgIpc) is 2.62. The summed E-state index contributed by atoms with van der Waals surface area (Å²) < 4.78 is 12.8. The Morgan fingerprint density at radius 1 is 1.00 bits per heavy atom. The molecule has 0 spiro atoms. The monoisotopic (exact) mass is 353 g/mol. The van der Waals surface area contributed by atoms with E-state index in [0.29, 0.717) is 17.8 Å². The Kier molecular flexibility index (Phi) is 5.57. The zero-order chi connectivity index (χ0) is 18.8. The number of benzene rings is 2. The van der Waals surface area contributed by atoms with Gasteiger partial charge in [-0.2, -0.15) is 0 Å². The van der Waals surface area contributed by atoms with Gasteiger partial charge < -0.3 is 15.2 Å². The van der Waals surface area contributed by atoms with Gasteiger partial charge in [0.05, 0.1) is 6.10 Å². The average molecular weight is 354 g/mol. The van der Waals surface area contributed by atoms with Crippen LogP contribution in [0, 0.1) is 24.7 Å². The Bertz CT molecular complexity index is 756. The number of nitrogens with two attached hydrogens (primary N) is 1. The largest absolute Gasteiger partial charge is 0.464 e. The number of ether oxygens (including phenoxy) is 2. The second-order valence-electron chi connectivity index (χ2n) is 7.72. The van der Waals surface area contributed by atoms with E-state index in [-0.39, 0.29) is 12.4 Å². The quantitative estimate of drug-likeness (QED) is 0.721. The molecular weight excluding hydrogens is 322 g/mol. The minimum absolute atomic E-state index is 0.229. The maximum Gasteiger partial charge on any atom is 0.202 e. The molecule has 0 bridgehead atoms. The lowest BCUT2D eigenvalue weighted by Gasteiger charge is -2.43. The predicted octanol–water partition coefficient (Wildman–Crippen LogP) is 5.67. The van der Waals surface area contributed by atoms with Crippen LogP contribution >= 0.6 is 0 Å². The highest BCUT2D eigenvalue weighted by Crippen LogP contribution is 2.40. The van der Waals surface area contributed by atoms with Crippen LogP contribution in [0.25, 0.3) is 11.1 Å². The lowest BCUT2D eigenvalue weighted by atomic mass is 9.78. The Morgan fingerprint density at radius 3 is 2.42 bits per heavy atom. The van der Waals surface area contributed by atoms with Gasteiger partial charge in [-0.3, -0.25) is 0 Å². The van der Waals surface area contributed by atoms with Crippen molar-refractivity contribution in [2.45, 2.75) is 53.4 Å². The molecule has 3 heteroatoms. The number of hydrogen-bond acceptors (Lipinski definition) is 3. The van der Waals surface area contributed by atoms with Crippen molar-refractivity contribution in [1.29, 1.82) is 0 Å². The minimum Gasteiger partial charge on any atom is -0.464 e. The van der Waals surface area contributed by atoms with Crippen molar-refractivity contribution < 1.29 is 9.47 Å². The van der Waals surface area contributed by atoms with E-state index in [9.17, 15) is 0 Å². The maximum absolute atomic E-state index is 6.46. The van der Waals surface area contributed by atoms with Crippen LogP contribution in [0.5, 0.6) is 5.75 Å². The maximum atomic E-state index is 6.46. The van der Waals surface area contributed by atoms with Crippen LogP contribution in [0.15, 0.2) is 42.5 Å². The molecule has 0 aliphatic carbocycles. The molecule has 2 aromatic carbocycles. The fourth-order valence-corrected chi connectivity index (χ4v) is 4.02. The van der Waals surface area contributed by atoms with Crippen LogP contribution in [0.1, 0.15) is 39.7 Å². The van der Waals surface area contributed by atoms with Crippen molar-refractivity contribution in [3.05, 3.63) is 48.0 Å². The van der Waals surface area contributed by atoms with E-state index in [1.54, 1.807) is 0 Å². The Morgan fingerprint density at radius 2 is 1.73 bits per heavy atom. The Balaban J connectivity index is 1.94. The van der Waals surface area contributed by atoms with E-state index in [0.717, 1.165) is 29.0 Å². The highest BCUT2D eigenvalue weighted by atomic mass is 16.7. The summed E-state index contributed by atoms with van der Waals surface area (Å²) in [6, 6.07) is 14.1. The second kappa shape index (κ2) is 7.71. The molecule has 0 amide bonds. The van der Waals surface area contributed by atoms with Gasteiger partial charge in [-0.15, -0.1) is 0 Å². The van der Waals surface area contributed by atoms with Crippen LogP contribution in [0.2, 0.25) is 0 Å². The highest BCUT2D eigenvalue weighted by molar-refractivity contribution is 5.75. The number of nitrogen functional groups attached to an aromatic ring is 1. The third-order valence-corrected chi connectivity index (χ3v) is 6.04. The van der Waals surface area contributed by atoms with Crippen LogP contribution in [-0.4, -0.2) is 12.4 Å². The van der Waals surface area contributed by atoms with Gasteiger partial charge >= 0.3 is 0 Å². The van der Waals surface area contributed by atoms with E-state index in [2.05, 4.69) is 46.8 Å². The van der Waals surface area contributed by atoms with E-state index in [1.165, 1.54) is 5.56 Å². The molecule has 1 aliphatic rings. The lowest BCUT2D eigenvalue weighted by molar-refractivity contribution is -0.211. The van der Waals surface area contributed by atoms with Gasteiger partial charge in [0.1, 0.15) is 5.75 Å². The summed E-state index contributed by atoms with van der Waals surface area (Å²) in [5.41, 5.74) is 10.1. The molecular formula is C23H31NO2. The molecule has 0 aromatic heterocycles. The normalized spacial score (nSPS) is 28.7. The first-order valence-corrected chi connectivity index (χ1v) is 9.70. The molecule has 26 heavy (non-hydrogen) atoms. The molecule has 0 saturated carbocycles. The molecule has 2 unspecified atom stereocenters. The summed E-state index contributed by atoms with van der Waals surface area (Å²) in [6.45, 7) is 11.1. The molecule has 3 rings (SSSR count). The molecule has 3 nitrogen and oxygen atoms in total. The third kappa shape index (κ3) is 3.59. The van der Waals surface area contributed by atoms with Crippen molar-refractivity contribution in [2.24, 2.45) is 17.8 Å². The molecule has 0 radical (unpaired) electrons. The summed E-state index contributed by atoms with van der Waals surface area (Å²) >= 11 is 0. The van der Waals surface area contributed by atoms with Crippen molar-refractivity contribution in [3.63, 3.8) is 0 Å². The summed E-state index contributed by atoms with van der Waals surface area (Å²) in [4.78, 5) is 0. The summed E-state index contributed by atoms with van der Waals surface area (Å²) in [7, 11) is 0. The SMILES string of the molecule is CCC1O[C@@H](Oc2cccc(C)c2-c2cccc(N)c2)C(C)[C@@H](C)[C@H]1C. The van der Waals surface area contributed by atoms with E-state index in [1.807, 2.05) is 30.3 Å². The van der Waals surface area contributed by atoms with E-state index in [4.69, 9.17) is 15.2 Å². The Labute approximate surface area is 157 Å². The van der Waals surface area contributed by atoms with E-state index >= 15 is 0 Å². The first kappa shape index (κ1) is 18.8. The van der Waals surface area contributed by atoms with Gasteiger partial charge in [0.2, 0.25) is 6.29 Å².